The lowest BCUT2D eigenvalue weighted by atomic mass is 9.77. The molecular formula is C39H74N2O12. The molecule has 3 saturated heterocycles. The predicted molar refractivity (Wildman–Crippen MR) is 199 cm³/mol. The van der Waals surface area contributed by atoms with Crippen molar-refractivity contribution in [2.45, 2.75) is 185 Å². The van der Waals surface area contributed by atoms with Gasteiger partial charge in [0.25, 0.3) is 0 Å². The SMILES string of the molecule is CC[C@H]1OC(=O)[C@H](C)[C@@H](O[C@H]2C[C@@](C)(OC)[C@@H](O)[C@@H](C)O2)[C@H](C)[C@@H](O[C@@H]2O[C@H](C)C[C@@H](N(C)C)[C@H]2O)[C@](C)(O)C[C@@H](C)CN(C)[C@H](C)[C@@H](O)[C@]1(C)OC. The molecular weight excluding hydrogens is 688 g/mol. The summed E-state index contributed by atoms with van der Waals surface area (Å²) in [5, 5.41) is 46.9. The van der Waals surface area contributed by atoms with Crippen LogP contribution in [0.25, 0.3) is 0 Å². The number of nitrogens with zero attached hydrogens (tertiary/aromatic N) is 2. The summed E-state index contributed by atoms with van der Waals surface area (Å²) in [6, 6.07) is -0.667. The topological polar surface area (TPSA) is 169 Å². The van der Waals surface area contributed by atoms with Crippen LogP contribution in [0.5, 0.6) is 0 Å². The van der Waals surface area contributed by atoms with Crippen molar-refractivity contribution in [2.24, 2.45) is 17.8 Å². The first-order valence-electron chi connectivity index (χ1n) is 19.5. The van der Waals surface area contributed by atoms with Gasteiger partial charge < -0.3 is 63.4 Å². The lowest BCUT2D eigenvalue weighted by Gasteiger charge is -2.48. The minimum Gasteiger partial charge on any atom is -0.459 e. The van der Waals surface area contributed by atoms with E-state index in [1.165, 1.54) is 14.2 Å². The number of carbonyl (C=O) groups excluding carboxylic acids is 1. The van der Waals surface area contributed by atoms with Crippen molar-refractivity contribution < 1.29 is 58.4 Å². The number of rotatable bonds is 8. The van der Waals surface area contributed by atoms with E-state index in [1.54, 1.807) is 34.6 Å². The van der Waals surface area contributed by atoms with E-state index in [4.69, 9.17) is 33.2 Å². The normalized spacial score (nSPS) is 48.9. The van der Waals surface area contributed by atoms with Crippen molar-refractivity contribution in [2.75, 3.05) is 41.9 Å². The molecule has 14 heteroatoms. The van der Waals surface area contributed by atoms with Crippen LogP contribution in [0.1, 0.15) is 94.9 Å². The Kier molecular flexibility index (Phi) is 16.2. The van der Waals surface area contributed by atoms with Crippen LogP contribution in [0.3, 0.4) is 0 Å². The molecule has 3 rings (SSSR count). The molecule has 3 aliphatic rings. The highest BCUT2D eigenvalue weighted by atomic mass is 16.7. The van der Waals surface area contributed by atoms with E-state index in [-0.39, 0.29) is 30.9 Å². The van der Waals surface area contributed by atoms with Gasteiger partial charge in [0, 0.05) is 45.2 Å². The lowest BCUT2D eigenvalue weighted by molar-refractivity contribution is -0.318. The third-order valence-electron chi connectivity index (χ3n) is 12.6. The molecule has 14 nitrogen and oxygen atoms in total. The van der Waals surface area contributed by atoms with E-state index in [9.17, 15) is 25.2 Å². The van der Waals surface area contributed by atoms with Gasteiger partial charge in [-0.3, -0.25) is 4.79 Å². The predicted octanol–water partition coefficient (Wildman–Crippen LogP) is 2.55. The first-order chi connectivity index (χ1) is 24.5. The van der Waals surface area contributed by atoms with Gasteiger partial charge in [-0.15, -0.1) is 0 Å². The largest absolute Gasteiger partial charge is 0.459 e. The summed E-state index contributed by atoms with van der Waals surface area (Å²) in [5.74, 6) is -2.37. The lowest BCUT2D eigenvalue weighted by Crippen LogP contribution is -2.60. The zero-order valence-electron chi connectivity index (χ0n) is 35.1. The van der Waals surface area contributed by atoms with E-state index < -0.39 is 96.0 Å². The summed E-state index contributed by atoms with van der Waals surface area (Å²) in [5.41, 5.74) is -3.79. The molecule has 4 N–H and O–H groups in total. The van der Waals surface area contributed by atoms with E-state index >= 15 is 0 Å². The molecule has 0 spiro atoms. The van der Waals surface area contributed by atoms with Gasteiger partial charge >= 0.3 is 5.97 Å². The zero-order valence-corrected chi connectivity index (χ0v) is 35.1. The Morgan fingerprint density at radius 3 is 2.09 bits per heavy atom. The van der Waals surface area contributed by atoms with Crippen molar-refractivity contribution in [3.05, 3.63) is 0 Å². The molecule has 3 heterocycles. The van der Waals surface area contributed by atoms with Crippen LogP contribution in [-0.4, -0.2) is 168 Å². The van der Waals surface area contributed by atoms with Crippen LogP contribution >= 0.6 is 0 Å². The van der Waals surface area contributed by atoms with Crippen molar-refractivity contribution in [3.63, 3.8) is 0 Å². The number of methoxy groups -OCH3 is 2. The second kappa shape index (κ2) is 18.5. The Bertz CT molecular complexity index is 1160. The molecule has 0 saturated carbocycles. The quantitative estimate of drug-likeness (QED) is 0.266. The fourth-order valence-electron chi connectivity index (χ4n) is 8.97. The van der Waals surface area contributed by atoms with E-state index in [1.807, 2.05) is 65.6 Å². The van der Waals surface area contributed by atoms with Gasteiger partial charge in [-0.1, -0.05) is 20.8 Å². The monoisotopic (exact) mass is 763 g/mol. The molecule has 0 aromatic carbocycles. The molecule has 0 aromatic heterocycles. The van der Waals surface area contributed by atoms with Crippen molar-refractivity contribution in [1.29, 1.82) is 0 Å². The number of likely N-dealkylation sites (N-methyl/N-ethyl adjacent to an activating group) is 2. The molecule has 53 heavy (non-hydrogen) atoms. The Morgan fingerprint density at radius 2 is 1.55 bits per heavy atom. The number of esters is 1. The number of hydrogen-bond acceptors (Lipinski definition) is 14. The number of ether oxygens (including phenoxy) is 7. The van der Waals surface area contributed by atoms with E-state index in [2.05, 4.69) is 0 Å². The number of carbonyl (C=O) groups is 1. The minimum absolute atomic E-state index is 0.101. The number of aliphatic hydroxyl groups is 4. The molecule has 0 bridgehead atoms. The molecule has 18 atom stereocenters. The van der Waals surface area contributed by atoms with Gasteiger partial charge in [0.1, 0.15) is 30.0 Å². The van der Waals surface area contributed by atoms with Gasteiger partial charge in [-0.25, -0.2) is 0 Å². The van der Waals surface area contributed by atoms with Crippen molar-refractivity contribution in [1.82, 2.24) is 9.80 Å². The molecule has 312 valence electrons. The molecule has 0 radical (unpaired) electrons. The van der Waals surface area contributed by atoms with Gasteiger partial charge in [0.2, 0.25) is 0 Å². The van der Waals surface area contributed by atoms with Crippen molar-refractivity contribution >= 4 is 5.97 Å². The second-order valence-corrected chi connectivity index (χ2v) is 17.3. The van der Waals surface area contributed by atoms with Crippen LogP contribution < -0.4 is 0 Å². The van der Waals surface area contributed by atoms with Crippen LogP contribution in [0, 0.1) is 17.8 Å². The van der Waals surface area contributed by atoms with E-state index in [0.717, 1.165) is 0 Å². The fourth-order valence-corrected chi connectivity index (χ4v) is 8.97. The Labute approximate surface area is 318 Å². The number of cyclic esters (lactones) is 1. The summed E-state index contributed by atoms with van der Waals surface area (Å²) < 4.78 is 43.9. The maximum absolute atomic E-state index is 14.4. The minimum atomic E-state index is -1.53. The molecule has 0 amide bonds. The standard InChI is InChI=1S/C39H74N2O12/c1-16-28-39(10,48-15)32(43)25(6)41(13)20-21(2)18-37(8,46)34(53-36-30(42)27(40(11)12)17-22(3)49-36)23(4)31(24(5)35(45)51-28)52-29-19-38(9,47-14)33(44)26(7)50-29/h21-34,36,42-44,46H,16-20H2,1-15H3/t21-,22-,23+,24-,25-,26-,27-,28-,29+,30-,31+,32-,33+,34-,36+,37-,38-,39-/m1/s1. The first-order valence-corrected chi connectivity index (χ1v) is 19.5. The molecule has 0 aromatic rings. The number of hydrogen-bond donors (Lipinski definition) is 4. The zero-order chi connectivity index (χ0) is 40.4. The smallest absolute Gasteiger partial charge is 0.311 e. The van der Waals surface area contributed by atoms with Gasteiger partial charge in [-0.2, -0.15) is 0 Å². The molecule has 3 aliphatic heterocycles. The Morgan fingerprint density at radius 1 is 0.925 bits per heavy atom. The van der Waals surface area contributed by atoms with Gasteiger partial charge in [-0.05, 0) is 94.8 Å². The summed E-state index contributed by atoms with van der Waals surface area (Å²) in [7, 11) is 8.73. The first kappa shape index (κ1) is 46.4. The third kappa shape index (κ3) is 10.3. The highest BCUT2D eigenvalue weighted by Crippen LogP contribution is 2.40. The maximum Gasteiger partial charge on any atom is 0.311 e. The van der Waals surface area contributed by atoms with Crippen LogP contribution in [-0.2, 0) is 38.0 Å². The highest BCUT2D eigenvalue weighted by molar-refractivity contribution is 5.73. The molecule has 0 aliphatic carbocycles. The van der Waals surface area contributed by atoms with Crippen molar-refractivity contribution in [3.8, 4) is 0 Å². The summed E-state index contributed by atoms with van der Waals surface area (Å²) in [6.07, 6.45) is -7.36. The van der Waals surface area contributed by atoms with Crippen LogP contribution in [0.4, 0.5) is 0 Å². The summed E-state index contributed by atoms with van der Waals surface area (Å²) in [4.78, 5) is 18.3. The summed E-state index contributed by atoms with van der Waals surface area (Å²) in [6.45, 7) is 18.8. The summed E-state index contributed by atoms with van der Waals surface area (Å²) >= 11 is 0. The Hall–Kier alpha value is -1.01. The molecule has 0 unspecified atom stereocenters. The van der Waals surface area contributed by atoms with Gasteiger partial charge in [0.05, 0.1) is 41.5 Å². The van der Waals surface area contributed by atoms with Crippen LogP contribution in [0.15, 0.2) is 0 Å². The van der Waals surface area contributed by atoms with E-state index in [0.29, 0.717) is 19.4 Å². The van der Waals surface area contributed by atoms with Gasteiger partial charge in [0.15, 0.2) is 12.6 Å². The average Bonchev–Trinajstić information content (AvgIpc) is 3.09. The highest BCUT2D eigenvalue weighted by Gasteiger charge is 2.53. The van der Waals surface area contributed by atoms with Crippen LogP contribution in [0.2, 0.25) is 0 Å². The third-order valence-corrected chi connectivity index (χ3v) is 12.6. The second-order valence-electron chi connectivity index (χ2n) is 17.3. The maximum atomic E-state index is 14.4. The number of aliphatic hydroxyl groups excluding tert-OH is 3. The Balaban J connectivity index is 2.19. The average molecular weight is 763 g/mol. The molecule has 3 fully saturated rings. The fraction of sp³-hybridized carbons (Fsp3) is 0.974.